The topological polar surface area (TPSA) is 353 Å². The summed E-state index contributed by atoms with van der Waals surface area (Å²) in [5.41, 5.74) is 26.8. The number of unbranched alkanes of at least 4 members (excludes halogenated alkanes) is 12. The number of carbonyl (C=O) groups is 8. The van der Waals surface area contributed by atoms with Crippen LogP contribution in [0.2, 0.25) is 0 Å². The number of thioether (sulfide) groups is 2. The Bertz CT molecular complexity index is 3120. The summed E-state index contributed by atoms with van der Waals surface area (Å²) in [5, 5.41) is 20.5. The van der Waals surface area contributed by atoms with E-state index in [2.05, 4.69) is 72.8 Å². The SMILES string of the molecule is CCCCCCCCCCCCCCCC(=O)N[C@H]1CSCc2cccc(c2)CSCCNC(=O)[C@H](Cc2ccccc2)NC(=O)[C@H](CCCN=C(N)N)NC(=O)[C@H](CS)NC(=O)[C@H](CCCN=C(N)N)NC(=O)[C@@H]2CCCN2C(=O)[C@H](C(c2ccccc2)c2ccccc2)NC1=O. The molecule has 98 heavy (non-hydrogen) atoms. The van der Waals surface area contributed by atoms with Crippen LogP contribution in [0.25, 0.3) is 0 Å². The molecule has 0 spiro atoms. The Labute approximate surface area is 593 Å². The Morgan fingerprint density at radius 1 is 0.571 bits per heavy atom. The summed E-state index contributed by atoms with van der Waals surface area (Å²) < 4.78 is 0. The minimum Gasteiger partial charge on any atom is -0.370 e. The third kappa shape index (κ3) is 28.6. The fourth-order valence-corrected chi connectivity index (χ4v) is 14.3. The van der Waals surface area contributed by atoms with E-state index in [0.717, 1.165) is 47.1 Å². The summed E-state index contributed by atoms with van der Waals surface area (Å²) in [5.74, 6) is -4.28. The van der Waals surface area contributed by atoms with Gasteiger partial charge in [0, 0.05) is 73.7 Å². The second kappa shape index (κ2) is 45.0. The van der Waals surface area contributed by atoms with Gasteiger partial charge in [-0.3, -0.25) is 48.3 Å². The monoisotopic (exact) mass is 1400 g/mol. The van der Waals surface area contributed by atoms with Gasteiger partial charge in [-0.1, -0.05) is 199 Å². The molecule has 1 saturated heterocycles. The normalized spacial score (nSPS) is 20.6. The van der Waals surface area contributed by atoms with Gasteiger partial charge in [-0.2, -0.15) is 36.2 Å². The molecule has 0 saturated carbocycles. The molecule has 534 valence electrons. The van der Waals surface area contributed by atoms with Gasteiger partial charge in [0.05, 0.1) is 0 Å². The molecule has 2 bridgehead atoms. The van der Waals surface area contributed by atoms with Gasteiger partial charge in [0.1, 0.15) is 42.3 Å². The molecule has 8 amide bonds. The molecule has 1 fully saturated rings. The Morgan fingerprint density at radius 3 is 1.62 bits per heavy atom. The van der Waals surface area contributed by atoms with Crippen molar-refractivity contribution in [3.05, 3.63) is 143 Å². The maximum atomic E-state index is 15.9. The van der Waals surface area contributed by atoms with Crippen molar-refractivity contribution >= 4 is 95.3 Å². The number of amides is 8. The summed E-state index contributed by atoms with van der Waals surface area (Å²) in [6.07, 6.45) is 16.5. The van der Waals surface area contributed by atoms with Crippen molar-refractivity contribution in [3.8, 4) is 0 Å². The van der Waals surface area contributed by atoms with Crippen LogP contribution in [0, 0.1) is 0 Å². The third-order valence-corrected chi connectivity index (χ3v) is 20.0. The highest BCUT2D eigenvalue weighted by atomic mass is 32.2. The van der Waals surface area contributed by atoms with E-state index in [-0.39, 0.29) is 100 Å². The van der Waals surface area contributed by atoms with Crippen LogP contribution in [0.4, 0.5) is 0 Å². The van der Waals surface area contributed by atoms with E-state index in [1.807, 2.05) is 109 Å². The van der Waals surface area contributed by atoms with Crippen molar-refractivity contribution < 1.29 is 38.4 Å². The van der Waals surface area contributed by atoms with Crippen molar-refractivity contribution in [1.29, 1.82) is 0 Å². The Morgan fingerprint density at radius 2 is 1.07 bits per heavy atom. The summed E-state index contributed by atoms with van der Waals surface area (Å²) in [4.78, 5) is 128. The molecule has 0 unspecified atom stereocenters. The highest BCUT2D eigenvalue weighted by molar-refractivity contribution is 7.98. The zero-order chi connectivity index (χ0) is 70.3. The van der Waals surface area contributed by atoms with E-state index in [1.54, 1.807) is 11.8 Å². The largest absolute Gasteiger partial charge is 0.370 e. The average molecular weight is 1400 g/mol. The number of carbonyl (C=O) groups excluding carboxylic acids is 8. The average Bonchev–Trinajstić information content (AvgIpc) is 1.08. The van der Waals surface area contributed by atoms with Gasteiger partial charge in [-0.05, 0) is 72.8 Å². The Balaban J connectivity index is 1.33. The van der Waals surface area contributed by atoms with Crippen LogP contribution >= 0.6 is 36.2 Å². The first-order valence-corrected chi connectivity index (χ1v) is 38.0. The first-order valence-electron chi connectivity index (χ1n) is 35.0. The van der Waals surface area contributed by atoms with Crippen molar-refractivity contribution in [2.75, 3.05) is 43.4 Å². The van der Waals surface area contributed by atoms with Crippen LogP contribution in [0.5, 0.6) is 0 Å². The van der Waals surface area contributed by atoms with E-state index in [0.29, 0.717) is 30.1 Å². The number of rotatable bonds is 29. The molecule has 15 N–H and O–H groups in total. The molecule has 2 aliphatic rings. The molecule has 4 aromatic carbocycles. The van der Waals surface area contributed by atoms with Crippen LogP contribution in [-0.2, 0) is 56.3 Å². The van der Waals surface area contributed by atoms with Gasteiger partial charge < -0.3 is 65.1 Å². The zero-order valence-corrected chi connectivity index (χ0v) is 59.5. The first kappa shape index (κ1) is 79.2. The molecular formula is C73H106N14O8S3. The van der Waals surface area contributed by atoms with Crippen molar-refractivity contribution in [1.82, 2.24) is 42.1 Å². The second-order valence-electron chi connectivity index (χ2n) is 25.3. The Hall–Kier alpha value is -7.77. The number of benzene rings is 4. The fourth-order valence-electron chi connectivity index (χ4n) is 12.2. The van der Waals surface area contributed by atoms with Crippen LogP contribution < -0.4 is 60.2 Å². The number of nitrogens with two attached hydrogens (primary N) is 4. The molecule has 7 atom stereocenters. The number of thiol groups is 1. The molecule has 22 nitrogen and oxygen atoms in total. The van der Waals surface area contributed by atoms with Crippen LogP contribution in [0.3, 0.4) is 0 Å². The number of hydrogen-bond acceptors (Lipinski definition) is 13. The maximum absolute atomic E-state index is 15.9. The predicted molar refractivity (Wildman–Crippen MR) is 397 cm³/mol. The third-order valence-electron chi connectivity index (χ3n) is 17.5. The van der Waals surface area contributed by atoms with Gasteiger partial charge in [-0.15, -0.1) is 0 Å². The molecule has 0 aliphatic carbocycles. The molecule has 6 rings (SSSR count). The lowest BCUT2D eigenvalue weighted by atomic mass is 9.84. The molecule has 0 aromatic heterocycles. The summed E-state index contributed by atoms with van der Waals surface area (Å²) in [7, 11) is 0. The van der Waals surface area contributed by atoms with Crippen molar-refractivity contribution in [2.24, 2.45) is 32.9 Å². The maximum Gasteiger partial charge on any atom is 0.246 e. The lowest BCUT2D eigenvalue weighted by molar-refractivity contribution is -0.142. The number of nitrogens with zero attached hydrogens (tertiary/aromatic N) is 3. The summed E-state index contributed by atoms with van der Waals surface area (Å²) >= 11 is 7.56. The molecule has 0 radical (unpaired) electrons. The fraction of sp³-hybridized carbons (Fsp3) is 0.534. The standard InChI is InChI=1S/C73H106N14O8S3/c1-2-3-4-5-6-7-8-9-10-11-12-13-23-39-62(88)81-60-50-98-49-53-31-24-30-52(45-53)48-97-44-42-78-65(89)58(46-51-28-17-14-18-29-51)84-66(90)56(36-25-40-79-72(74)75)82-68(92)59(47-96)85-67(91)57(37-26-41-80-73(76)77)83-70(94)61-38-27-43-87(61)71(95)64(86-69(60)93)63(54-32-19-15-20-33-54)55-34-21-16-22-35-55/h14-22,24,28-35,45,56-61,63-64,96H,2-13,23,25-27,36-44,46-50H2,1H3,(H,78,89)(H,81,88)(H,82,92)(H,83,94)(H,84,90)(H,85,91)(H,86,93)(H4,74,75,79)(H4,76,77,80)/t56-,57-,58-,59-,60-,61-,64-/m0/s1. The minimum absolute atomic E-state index is 0.0199. The van der Waals surface area contributed by atoms with Gasteiger partial charge in [0.25, 0.3) is 0 Å². The second-order valence-corrected chi connectivity index (χ2v) is 27.8. The number of hydrogen-bond donors (Lipinski definition) is 12. The van der Waals surface area contributed by atoms with Gasteiger partial charge >= 0.3 is 0 Å². The van der Waals surface area contributed by atoms with Crippen LogP contribution in [0.15, 0.2) is 125 Å². The van der Waals surface area contributed by atoms with Gasteiger partial charge in [0.2, 0.25) is 47.3 Å². The molecular weight excluding hydrogens is 1300 g/mol. The lowest BCUT2D eigenvalue weighted by Crippen LogP contribution is -2.61. The predicted octanol–water partition coefficient (Wildman–Crippen LogP) is 6.78. The van der Waals surface area contributed by atoms with Crippen molar-refractivity contribution in [3.63, 3.8) is 0 Å². The highest BCUT2D eigenvalue weighted by Crippen LogP contribution is 2.32. The van der Waals surface area contributed by atoms with E-state index in [1.165, 1.54) is 74.4 Å². The van der Waals surface area contributed by atoms with Crippen molar-refractivity contribution in [2.45, 2.75) is 201 Å². The van der Waals surface area contributed by atoms with E-state index < -0.39 is 89.6 Å². The zero-order valence-electron chi connectivity index (χ0n) is 57.0. The summed E-state index contributed by atoms with van der Waals surface area (Å²) in [6, 6.07) is 27.5. The van der Waals surface area contributed by atoms with E-state index in [4.69, 9.17) is 22.9 Å². The molecule has 25 heteroatoms. The smallest absolute Gasteiger partial charge is 0.246 e. The van der Waals surface area contributed by atoms with Gasteiger partial charge in [-0.25, -0.2) is 0 Å². The van der Waals surface area contributed by atoms with E-state index in [9.17, 15) is 28.8 Å². The molecule has 4 aromatic rings. The van der Waals surface area contributed by atoms with Crippen LogP contribution in [-0.4, -0.2) is 150 Å². The Kier molecular flexibility index (Phi) is 36.4. The quantitative estimate of drug-likeness (QED) is 0.0115. The highest BCUT2D eigenvalue weighted by Gasteiger charge is 2.43. The van der Waals surface area contributed by atoms with Crippen LogP contribution in [0.1, 0.15) is 169 Å². The number of aliphatic imine (C=N–C) groups is 2. The summed E-state index contributed by atoms with van der Waals surface area (Å²) in [6.45, 7) is 2.84. The molecule has 2 aliphatic heterocycles. The lowest BCUT2D eigenvalue weighted by Gasteiger charge is -2.35. The minimum atomic E-state index is -1.36. The van der Waals surface area contributed by atoms with E-state index >= 15 is 9.59 Å². The molecule has 2 heterocycles. The number of guanidine groups is 2. The first-order chi connectivity index (χ1) is 47.5. The number of nitrogens with one attached hydrogen (secondary N) is 7. The number of fused-ring (bicyclic) bond motifs is 3. The van der Waals surface area contributed by atoms with Gasteiger partial charge in [0.15, 0.2) is 11.9 Å².